The van der Waals surface area contributed by atoms with Gasteiger partial charge in [-0.05, 0) is 44.8 Å². The molecule has 21 heavy (non-hydrogen) atoms. The van der Waals surface area contributed by atoms with Crippen molar-refractivity contribution in [2.75, 3.05) is 19.6 Å². The Morgan fingerprint density at radius 2 is 1.95 bits per heavy atom. The molecule has 2 heterocycles. The molecule has 1 fully saturated rings. The van der Waals surface area contributed by atoms with Gasteiger partial charge in [-0.25, -0.2) is 0 Å². The van der Waals surface area contributed by atoms with Gasteiger partial charge < -0.3 is 9.88 Å². The van der Waals surface area contributed by atoms with E-state index < -0.39 is 0 Å². The molecular formula is C18H22N2O. The van der Waals surface area contributed by atoms with E-state index in [1.54, 1.807) is 0 Å². The van der Waals surface area contributed by atoms with E-state index in [-0.39, 0.29) is 5.92 Å². The van der Waals surface area contributed by atoms with Crippen molar-refractivity contribution in [2.24, 2.45) is 5.92 Å². The number of H-pyrrole nitrogens is 1. The maximum absolute atomic E-state index is 12.9. The van der Waals surface area contributed by atoms with E-state index >= 15 is 0 Å². The van der Waals surface area contributed by atoms with Crippen molar-refractivity contribution in [1.29, 1.82) is 0 Å². The summed E-state index contributed by atoms with van der Waals surface area (Å²) in [6.07, 6.45) is 5.93. The number of aromatic amines is 1. The summed E-state index contributed by atoms with van der Waals surface area (Å²) in [5.41, 5.74) is 3.23. The summed E-state index contributed by atoms with van der Waals surface area (Å²) in [4.78, 5) is 18.8. The Morgan fingerprint density at radius 3 is 2.81 bits per heavy atom. The first kappa shape index (κ1) is 13.1. The van der Waals surface area contributed by atoms with Crippen molar-refractivity contribution in [1.82, 2.24) is 9.88 Å². The van der Waals surface area contributed by atoms with E-state index in [9.17, 15) is 4.79 Å². The number of benzene rings is 1. The highest BCUT2D eigenvalue weighted by Crippen LogP contribution is 2.32. The minimum absolute atomic E-state index is 0.190. The molecule has 0 spiro atoms. The number of Topliss-reactive ketones (excluding diaryl/α,β-unsaturated/α-hetero) is 1. The SMILES string of the molecule is O=C1c2c([nH]c3ccccc23)CCC1CN1CCCCC1. The van der Waals surface area contributed by atoms with Crippen LogP contribution in [0.1, 0.15) is 41.7 Å². The highest BCUT2D eigenvalue weighted by Gasteiger charge is 2.31. The van der Waals surface area contributed by atoms with Crippen LogP contribution in [0.5, 0.6) is 0 Å². The maximum atomic E-state index is 12.9. The average molecular weight is 282 g/mol. The van der Waals surface area contributed by atoms with Gasteiger partial charge in [0.15, 0.2) is 5.78 Å². The lowest BCUT2D eigenvalue weighted by Gasteiger charge is -2.31. The lowest BCUT2D eigenvalue weighted by Crippen LogP contribution is -2.38. The maximum Gasteiger partial charge on any atom is 0.169 e. The van der Waals surface area contributed by atoms with Crippen LogP contribution in [0.25, 0.3) is 10.9 Å². The van der Waals surface area contributed by atoms with Crippen LogP contribution in [0.2, 0.25) is 0 Å². The molecule has 3 heteroatoms. The highest BCUT2D eigenvalue weighted by molar-refractivity contribution is 6.11. The van der Waals surface area contributed by atoms with E-state index in [1.165, 1.54) is 32.4 Å². The molecule has 3 nitrogen and oxygen atoms in total. The Balaban J connectivity index is 1.61. The summed E-state index contributed by atoms with van der Waals surface area (Å²) in [6.45, 7) is 3.30. The van der Waals surface area contributed by atoms with Crippen LogP contribution in [0, 0.1) is 5.92 Å². The second-order valence-electron chi connectivity index (χ2n) is 6.49. The van der Waals surface area contributed by atoms with Gasteiger partial charge in [0.05, 0.1) is 0 Å². The monoisotopic (exact) mass is 282 g/mol. The number of nitrogens with zero attached hydrogens (tertiary/aromatic N) is 1. The van der Waals surface area contributed by atoms with Gasteiger partial charge in [0, 0.05) is 34.6 Å². The molecule has 0 amide bonds. The molecule has 1 unspecified atom stereocenters. The number of para-hydroxylation sites is 1. The quantitative estimate of drug-likeness (QED) is 0.916. The number of ketones is 1. The molecule has 1 aliphatic heterocycles. The highest BCUT2D eigenvalue weighted by atomic mass is 16.1. The Labute approximate surface area is 125 Å². The summed E-state index contributed by atoms with van der Waals surface area (Å²) in [5, 5.41) is 1.11. The van der Waals surface area contributed by atoms with Crippen LogP contribution >= 0.6 is 0 Å². The van der Waals surface area contributed by atoms with E-state index in [0.29, 0.717) is 5.78 Å². The minimum Gasteiger partial charge on any atom is -0.358 e. The first-order valence-electron chi connectivity index (χ1n) is 8.19. The predicted molar refractivity (Wildman–Crippen MR) is 84.7 cm³/mol. The zero-order chi connectivity index (χ0) is 14.2. The van der Waals surface area contributed by atoms with Crippen LogP contribution in [0.15, 0.2) is 24.3 Å². The van der Waals surface area contributed by atoms with Gasteiger partial charge in [0.2, 0.25) is 0 Å². The number of carbonyl (C=O) groups is 1. The molecule has 1 aliphatic carbocycles. The number of fused-ring (bicyclic) bond motifs is 3. The van der Waals surface area contributed by atoms with Gasteiger partial charge in [0.25, 0.3) is 0 Å². The topological polar surface area (TPSA) is 36.1 Å². The zero-order valence-electron chi connectivity index (χ0n) is 12.4. The van der Waals surface area contributed by atoms with Crippen LogP contribution < -0.4 is 0 Å². The van der Waals surface area contributed by atoms with Crippen molar-refractivity contribution >= 4 is 16.7 Å². The van der Waals surface area contributed by atoms with Crippen molar-refractivity contribution in [3.05, 3.63) is 35.5 Å². The molecule has 2 aromatic rings. The number of likely N-dealkylation sites (tertiary alicyclic amines) is 1. The van der Waals surface area contributed by atoms with Gasteiger partial charge in [-0.15, -0.1) is 0 Å². The smallest absolute Gasteiger partial charge is 0.169 e. The molecule has 1 aromatic heterocycles. The second kappa shape index (κ2) is 5.30. The third kappa shape index (κ3) is 2.30. The molecule has 2 aliphatic rings. The third-order valence-corrected chi connectivity index (χ3v) is 5.07. The lowest BCUT2D eigenvalue weighted by atomic mass is 9.84. The number of rotatable bonds is 2. The number of hydrogen-bond donors (Lipinski definition) is 1. The molecule has 0 saturated carbocycles. The number of aromatic nitrogens is 1. The van der Waals surface area contributed by atoms with Crippen molar-refractivity contribution in [3.63, 3.8) is 0 Å². The predicted octanol–water partition coefficient (Wildman–Crippen LogP) is 3.40. The molecule has 1 N–H and O–H groups in total. The number of piperidine rings is 1. The van der Waals surface area contributed by atoms with Gasteiger partial charge in [-0.3, -0.25) is 4.79 Å². The van der Waals surface area contributed by atoms with Crippen LogP contribution in [-0.4, -0.2) is 35.3 Å². The summed E-state index contributed by atoms with van der Waals surface area (Å²) in [5.74, 6) is 0.550. The Morgan fingerprint density at radius 1 is 1.14 bits per heavy atom. The first-order valence-corrected chi connectivity index (χ1v) is 8.19. The van der Waals surface area contributed by atoms with Crippen LogP contribution in [0.3, 0.4) is 0 Å². The molecule has 110 valence electrons. The van der Waals surface area contributed by atoms with Crippen molar-refractivity contribution in [2.45, 2.75) is 32.1 Å². The van der Waals surface area contributed by atoms with E-state index in [2.05, 4.69) is 22.0 Å². The number of carbonyl (C=O) groups excluding carboxylic acids is 1. The van der Waals surface area contributed by atoms with Crippen molar-refractivity contribution < 1.29 is 4.79 Å². The third-order valence-electron chi connectivity index (χ3n) is 5.07. The number of hydrogen-bond acceptors (Lipinski definition) is 2. The minimum atomic E-state index is 0.190. The summed E-state index contributed by atoms with van der Waals surface area (Å²) in [6, 6.07) is 8.20. The number of nitrogens with one attached hydrogen (secondary N) is 1. The fourth-order valence-corrected chi connectivity index (χ4v) is 3.95. The lowest BCUT2D eigenvalue weighted by molar-refractivity contribution is 0.0847. The van der Waals surface area contributed by atoms with Gasteiger partial charge >= 0.3 is 0 Å². The fourth-order valence-electron chi connectivity index (χ4n) is 3.95. The molecule has 1 atom stereocenters. The number of aryl methyl sites for hydroxylation is 1. The summed E-state index contributed by atoms with van der Waals surface area (Å²) in [7, 11) is 0. The molecule has 0 bridgehead atoms. The molecule has 4 rings (SSSR count). The molecule has 0 radical (unpaired) electrons. The Hall–Kier alpha value is -1.61. The molecule has 1 saturated heterocycles. The van der Waals surface area contributed by atoms with Gasteiger partial charge in [-0.2, -0.15) is 0 Å². The van der Waals surface area contributed by atoms with E-state index in [1.807, 2.05) is 12.1 Å². The average Bonchev–Trinajstić information content (AvgIpc) is 2.90. The molecule has 1 aromatic carbocycles. The summed E-state index contributed by atoms with van der Waals surface area (Å²) < 4.78 is 0. The molecular weight excluding hydrogens is 260 g/mol. The zero-order valence-corrected chi connectivity index (χ0v) is 12.4. The second-order valence-corrected chi connectivity index (χ2v) is 6.49. The van der Waals surface area contributed by atoms with E-state index in [0.717, 1.165) is 41.5 Å². The van der Waals surface area contributed by atoms with Crippen LogP contribution in [-0.2, 0) is 6.42 Å². The van der Waals surface area contributed by atoms with E-state index in [4.69, 9.17) is 0 Å². The van der Waals surface area contributed by atoms with Gasteiger partial charge in [-0.1, -0.05) is 24.6 Å². The Bertz CT molecular complexity index is 667. The summed E-state index contributed by atoms with van der Waals surface area (Å²) >= 11 is 0. The fraction of sp³-hybridized carbons (Fsp3) is 0.500. The first-order chi connectivity index (χ1) is 10.3. The van der Waals surface area contributed by atoms with Crippen LogP contribution in [0.4, 0.5) is 0 Å². The van der Waals surface area contributed by atoms with Gasteiger partial charge in [0.1, 0.15) is 0 Å². The van der Waals surface area contributed by atoms with Crippen molar-refractivity contribution in [3.8, 4) is 0 Å². The Kier molecular flexibility index (Phi) is 3.30. The largest absolute Gasteiger partial charge is 0.358 e. The normalized spacial score (nSPS) is 23.4. The standard InChI is InChI=1S/C18H22N2O/c21-18-13(12-20-10-4-1-5-11-20)8-9-16-17(18)14-6-2-3-7-15(14)19-16/h2-3,6-7,13,19H,1,4-5,8-12H2.